The molecule has 0 spiro atoms. The molecule has 2 rings (SSSR count). The minimum Gasteiger partial charge on any atom is -0.623 e. The average molecular weight is 345 g/mol. The fourth-order valence-corrected chi connectivity index (χ4v) is 5.42. The van der Waals surface area contributed by atoms with Crippen LogP contribution in [0.5, 0.6) is 0 Å². The lowest BCUT2D eigenvalue weighted by Crippen LogP contribution is -2.40. The summed E-state index contributed by atoms with van der Waals surface area (Å²) in [6.45, 7) is 2.03. The van der Waals surface area contributed by atoms with E-state index in [2.05, 4.69) is 15.9 Å². The zero-order chi connectivity index (χ0) is 13.9. The Labute approximate surface area is 123 Å². The van der Waals surface area contributed by atoms with Gasteiger partial charge in [0.1, 0.15) is 0 Å². The fourth-order valence-electron chi connectivity index (χ4n) is 2.67. The molecule has 104 valence electrons. The second-order valence-corrected chi connectivity index (χ2v) is 7.45. The third-order valence-electron chi connectivity index (χ3n) is 3.80. The minimum absolute atomic E-state index is 0.553. The molecule has 1 heterocycles. The van der Waals surface area contributed by atoms with Gasteiger partial charge in [-0.15, -0.1) is 0 Å². The van der Waals surface area contributed by atoms with Crippen molar-refractivity contribution in [2.24, 2.45) is 0 Å². The Hall–Kier alpha value is -0.410. The van der Waals surface area contributed by atoms with E-state index < -0.39 is 13.1 Å². The van der Waals surface area contributed by atoms with Crippen molar-refractivity contribution in [3.63, 3.8) is 0 Å². The van der Waals surface area contributed by atoms with Crippen LogP contribution >= 0.6 is 23.9 Å². The summed E-state index contributed by atoms with van der Waals surface area (Å²) in [4.78, 5) is 14.8. The molecule has 19 heavy (non-hydrogen) atoms. The maximum atomic E-state index is 13.1. The van der Waals surface area contributed by atoms with E-state index in [1.54, 1.807) is 4.99 Å². The highest BCUT2D eigenvalue weighted by Crippen LogP contribution is 2.74. The Balaban J connectivity index is 2.49. The number of hydrogen-bond donors (Lipinski definition) is 0. The molecule has 2 atom stereocenters. The first-order valence-corrected chi connectivity index (χ1v) is 8.78. The van der Waals surface area contributed by atoms with Crippen molar-refractivity contribution < 1.29 is 13.9 Å². The Kier molecular flexibility index (Phi) is 4.67. The van der Waals surface area contributed by atoms with Crippen molar-refractivity contribution in [3.05, 3.63) is 46.6 Å². The quantitative estimate of drug-likeness (QED) is 0.775. The third kappa shape index (κ3) is 2.47. The monoisotopic (exact) mass is 344 g/mol. The summed E-state index contributed by atoms with van der Waals surface area (Å²) in [5.74, 6) is 0.685. The number of hydrogen-bond acceptors (Lipinski definition) is 3. The molecule has 1 aliphatic rings. The SMILES string of the molecule is CCC1(c2ccccc2)CC/C(=C\Br)O[P+]1([O-])OC. The molecule has 0 radical (unpaired) electrons. The molecule has 2 unspecified atom stereocenters. The summed E-state index contributed by atoms with van der Waals surface area (Å²) in [5, 5.41) is -0.553. The Bertz CT molecular complexity index is 465. The van der Waals surface area contributed by atoms with Crippen LogP contribution in [-0.4, -0.2) is 7.11 Å². The van der Waals surface area contributed by atoms with E-state index in [0.29, 0.717) is 5.76 Å². The predicted octanol–water partition coefficient (Wildman–Crippen LogP) is 4.11. The van der Waals surface area contributed by atoms with Gasteiger partial charge in [-0.25, -0.2) is 4.52 Å². The molecule has 0 bridgehead atoms. The number of rotatable bonds is 3. The summed E-state index contributed by atoms with van der Waals surface area (Å²) >= 11 is 3.24. The van der Waals surface area contributed by atoms with Gasteiger partial charge in [0.25, 0.3) is 7.94 Å². The van der Waals surface area contributed by atoms with Crippen LogP contribution in [0.2, 0.25) is 0 Å². The number of allylic oxidation sites excluding steroid dienone is 1. The van der Waals surface area contributed by atoms with E-state index in [-0.39, 0.29) is 0 Å². The zero-order valence-electron chi connectivity index (χ0n) is 11.1. The van der Waals surface area contributed by atoms with Crippen molar-refractivity contribution in [1.82, 2.24) is 0 Å². The smallest absolute Gasteiger partial charge is 0.294 e. The molecule has 1 fully saturated rings. The van der Waals surface area contributed by atoms with E-state index in [9.17, 15) is 4.89 Å². The summed E-state index contributed by atoms with van der Waals surface area (Å²) in [7, 11) is -1.76. The fraction of sp³-hybridized carbons (Fsp3) is 0.429. The van der Waals surface area contributed by atoms with Crippen molar-refractivity contribution in [2.75, 3.05) is 7.11 Å². The molecular formula is C14H18BrO3P. The van der Waals surface area contributed by atoms with Gasteiger partial charge in [0.15, 0.2) is 10.9 Å². The van der Waals surface area contributed by atoms with Gasteiger partial charge < -0.3 is 9.42 Å². The lowest BCUT2D eigenvalue weighted by Gasteiger charge is -2.46. The van der Waals surface area contributed by atoms with Crippen LogP contribution in [0.1, 0.15) is 31.7 Å². The molecule has 0 saturated carbocycles. The van der Waals surface area contributed by atoms with E-state index in [0.717, 1.165) is 24.8 Å². The van der Waals surface area contributed by atoms with Gasteiger partial charge in [-0.05, 0) is 6.42 Å². The lowest BCUT2D eigenvalue weighted by atomic mass is 9.90. The maximum Gasteiger partial charge on any atom is 0.294 e. The van der Waals surface area contributed by atoms with Crippen LogP contribution < -0.4 is 4.89 Å². The standard InChI is InChI=1S/C14H18BrO3P/c1-3-14(12-7-5-4-6-8-12)10-9-13(11-15)18-19(14,16)17-2/h4-8,11H,3,9-10H2,1-2H3/b13-11+. The molecule has 1 aliphatic heterocycles. The first kappa shape index (κ1) is 15.0. The van der Waals surface area contributed by atoms with Crippen LogP contribution in [0.25, 0.3) is 0 Å². The first-order chi connectivity index (χ1) is 9.12. The van der Waals surface area contributed by atoms with Crippen molar-refractivity contribution in [3.8, 4) is 0 Å². The Morgan fingerprint density at radius 3 is 2.68 bits per heavy atom. The molecule has 0 amide bonds. The van der Waals surface area contributed by atoms with Gasteiger partial charge in [-0.2, -0.15) is 0 Å². The van der Waals surface area contributed by atoms with E-state index >= 15 is 0 Å². The van der Waals surface area contributed by atoms with Gasteiger partial charge in [-0.1, -0.05) is 53.2 Å². The molecule has 3 nitrogen and oxygen atoms in total. The zero-order valence-corrected chi connectivity index (χ0v) is 13.6. The summed E-state index contributed by atoms with van der Waals surface area (Å²) in [6, 6.07) is 9.88. The van der Waals surface area contributed by atoms with E-state index in [1.165, 1.54) is 7.11 Å². The topological polar surface area (TPSA) is 41.5 Å². The third-order valence-corrected chi connectivity index (χ3v) is 7.12. The molecular weight excluding hydrogens is 327 g/mol. The molecule has 0 N–H and O–H groups in total. The predicted molar refractivity (Wildman–Crippen MR) is 79.7 cm³/mol. The van der Waals surface area contributed by atoms with Crippen LogP contribution in [0.3, 0.4) is 0 Å². The van der Waals surface area contributed by atoms with Crippen LogP contribution in [0.4, 0.5) is 0 Å². The molecule has 1 aromatic rings. The summed E-state index contributed by atoms with van der Waals surface area (Å²) < 4.78 is 11.0. The van der Waals surface area contributed by atoms with Crippen molar-refractivity contribution >= 4 is 23.9 Å². The molecule has 0 aliphatic carbocycles. The first-order valence-electron chi connectivity index (χ1n) is 6.32. The second kappa shape index (κ2) is 5.92. The molecule has 5 heteroatoms. The highest BCUT2D eigenvalue weighted by Gasteiger charge is 2.58. The van der Waals surface area contributed by atoms with Gasteiger partial charge >= 0.3 is 0 Å². The van der Waals surface area contributed by atoms with Crippen molar-refractivity contribution in [2.45, 2.75) is 31.3 Å². The van der Waals surface area contributed by atoms with E-state index in [1.807, 2.05) is 37.3 Å². The summed E-state index contributed by atoms with van der Waals surface area (Å²) in [5.41, 5.74) is 1.02. The Morgan fingerprint density at radius 2 is 2.16 bits per heavy atom. The average Bonchev–Trinajstić information content (AvgIpc) is 2.48. The summed E-state index contributed by atoms with van der Waals surface area (Å²) in [6.07, 6.45) is 2.23. The van der Waals surface area contributed by atoms with E-state index in [4.69, 9.17) is 9.05 Å². The van der Waals surface area contributed by atoms with Gasteiger partial charge in [0, 0.05) is 23.4 Å². The lowest BCUT2D eigenvalue weighted by molar-refractivity contribution is -0.224. The van der Waals surface area contributed by atoms with Crippen molar-refractivity contribution in [1.29, 1.82) is 0 Å². The highest BCUT2D eigenvalue weighted by molar-refractivity contribution is 9.11. The maximum absolute atomic E-state index is 13.1. The van der Waals surface area contributed by atoms with Gasteiger partial charge in [0.2, 0.25) is 0 Å². The number of benzene rings is 1. The second-order valence-electron chi connectivity index (χ2n) is 4.60. The van der Waals surface area contributed by atoms with Gasteiger partial charge in [0.05, 0.1) is 7.11 Å². The Morgan fingerprint density at radius 1 is 1.47 bits per heavy atom. The molecule has 0 aromatic heterocycles. The normalized spacial score (nSPS) is 33.2. The van der Waals surface area contributed by atoms with Crippen LogP contribution in [-0.2, 0) is 14.2 Å². The highest BCUT2D eigenvalue weighted by atomic mass is 79.9. The van der Waals surface area contributed by atoms with Crippen LogP contribution in [0, 0.1) is 0 Å². The molecule has 1 aromatic carbocycles. The van der Waals surface area contributed by atoms with Gasteiger partial charge in [-0.3, -0.25) is 0 Å². The minimum atomic E-state index is -3.23. The largest absolute Gasteiger partial charge is 0.623 e. The molecule has 1 saturated heterocycles. The van der Waals surface area contributed by atoms with Crippen LogP contribution in [0.15, 0.2) is 41.1 Å². The number of halogens is 1.